The fraction of sp³-hybridized carbons (Fsp3) is 0.440. The summed E-state index contributed by atoms with van der Waals surface area (Å²) in [6.07, 6.45) is 1.48. The molecule has 0 saturated heterocycles. The maximum Gasteiger partial charge on any atom is 0.261 e. The van der Waals surface area contributed by atoms with Gasteiger partial charge in [-0.25, -0.2) is 5.48 Å². The first kappa shape index (κ1) is 24.7. The minimum absolute atomic E-state index is 0.0577. The van der Waals surface area contributed by atoms with Crippen molar-refractivity contribution in [2.75, 3.05) is 0 Å². The van der Waals surface area contributed by atoms with Crippen molar-refractivity contribution in [2.45, 2.75) is 63.8 Å². The van der Waals surface area contributed by atoms with Crippen LogP contribution >= 0.6 is 0 Å². The van der Waals surface area contributed by atoms with E-state index in [-0.39, 0.29) is 18.2 Å². The number of fused-ring (bicyclic) bond motifs is 1. The van der Waals surface area contributed by atoms with Crippen LogP contribution in [0.5, 0.6) is 5.75 Å². The number of phenolic OH excluding ortho intramolecular Hbond substituents is 1. The van der Waals surface area contributed by atoms with Crippen LogP contribution in [0.4, 0.5) is 0 Å². The predicted molar refractivity (Wildman–Crippen MR) is 124 cm³/mol. The number of hydrogen-bond acceptors (Lipinski definition) is 6. The Hall–Kier alpha value is -2.94. The third kappa shape index (κ3) is 6.10. The second-order valence-corrected chi connectivity index (χ2v) is 8.75. The predicted octanol–water partition coefficient (Wildman–Crippen LogP) is 1.98. The zero-order valence-corrected chi connectivity index (χ0v) is 19.0. The van der Waals surface area contributed by atoms with E-state index in [2.05, 4.69) is 10.6 Å². The number of aliphatic hydroxyl groups is 1. The Morgan fingerprint density at radius 2 is 1.88 bits per heavy atom. The number of amides is 2. The molecule has 178 valence electrons. The Balaban J connectivity index is 1.91. The van der Waals surface area contributed by atoms with Gasteiger partial charge < -0.3 is 20.8 Å². The zero-order valence-electron chi connectivity index (χ0n) is 19.0. The molecule has 1 aliphatic rings. The van der Waals surface area contributed by atoms with Crippen LogP contribution in [0, 0.1) is 5.92 Å². The summed E-state index contributed by atoms with van der Waals surface area (Å²) in [4.78, 5) is 26.2. The summed E-state index contributed by atoms with van der Waals surface area (Å²) in [5.74, 6) is -1.99. The summed E-state index contributed by atoms with van der Waals surface area (Å²) in [7, 11) is 0. The van der Waals surface area contributed by atoms with Gasteiger partial charge in [-0.05, 0) is 48.6 Å². The number of benzene rings is 2. The monoisotopic (exact) mass is 455 g/mol. The summed E-state index contributed by atoms with van der Waals surface area (Å²) in [5.41, 5.74) is 4.18. The topological polar surface area (TPSA) is 131 Å². The Bertz CT molecular complexity index is 967. The number of aliphatic hydroxyl groups excluding tert-OH is 1. The van der Waals surface area contributed by atoms with Gasteiger partial charge in [0, 0.05) is 12.5 Å². The van der Waals surface area contributed by atoms with Gasteiger partial charge in [-0.2, -0.15) is 0 Å². The summed E-state index contributed by atoms with van der Waals surface area (Å²) in [6, 6.07) is 12.4. The number of nitrogens with one attached hydrogen (secondary N) is 3. The van der Waals surface area contributed by atoms with Gasteiger partial charge >= 0.3 is 0 Å². The number of rotatable bonds is 10. The molecule has 0 aromatic heterocycles. The number of carbonyl (C=O) groups is 2. The van der Waals surface area contributed by atoms with E-state index in [1.807, 2.05) is 38.1 Å². The van der Waals surface area contributed by atoms with Gasteiger partial charge in [0.1, 0.15) is 11.8 Å². The average Bonchev–Trinajstić information content (AvgIpc) is 3.10. The van der Waals surface area contributed by atoms with E-state index in [1.54, 1.807) is 23.7 Å². The number of aromatic hydroxyl groups is 1. The highest BCUT2D eigenvalue weighted by Crippen LogP contribution is 2.32. The third-order valence-electron chi connectivity index (χ3n) is 6.19. The van der Waals surface area contributed by atoms with E-state index in [9.17, 15) is 25.0 Å². The molecule has 0 heterocycles. The standard InChI is InChI=1S/C25H33N3O5/c1-3-7-15(2)26-23(25(32)28-33)20(13-16-8-6-10-18(29)12-16)24(31)27-22-19-11-5-4-9-17(19)14-21(22)30/h4-6,8-12,15,20-23,26,29-30,33H,3,7,13-14H2,1-2H3,(H,27,31)(H,28,32)/t15?,20-,21-,22+,23+/m1/s1. The van der Waals surface area contributed by atoms with Crippen LogP contribution in [0.15, 0.2) is 48.5 Å². The van der Waals surface area contributed by atoms with Crippen LogP contribution in [0.2, 0.25) is 0 Å². The highest BCUT2D eigenvalue weighted by atomic mass is 16.5. The highest BCUT2D eigenvalue weighted by molar-refractivity contribution is 5.90. The van der Waals surface area contributed by atoms with Gasteiger partial charge in [-0.1, -0.05) is 49.7 Å². The quantitative estimate of drug-likeness (QED) is 0.240. The van der Waals surface area contributed by atoms with Crippen LogP contribution in [0.25, 0.3) is 0 Å². The molecule has 0 fully saturated rings. The fourth-order valence-corrected chi connectivity index (χ4v) is 4.57. The van der Waals surface area contributed by atoms with E-state index in [0.717, 1.165) is 24.0 Å². The molecule has 0 saturated carbocycles. The van der Waals surface area contributed by atoms with Crippen molar-refractivity contribution in [1.29, 1.82) is 0 Å². The number of carbonyl (C=O) groups excluding carboxylic acids is 2. The van der Waals surface area contributed by atoms with Crippen molar-refractivity contribution < 1.29 is 25.0 Å². The largest absolute Gasteiger partial charge is 0.508 e. The van der Waals surface area contributed by atoms with E-state index in [1.165, 1.54) is 6.07 Å². The maximum absolute atomic E-state index is 13.6. The van der Waals surface area contributed by atoms with Crippen LogP contribution < -0.4 is 16.1 Å². The molecule has 0 aliphatic heterocycles. The van der Waals surface area contributed by atoms with Gasteiger partial charge in [0.15, 0.2) is 0 Å². The van der Waals surface area contributed by atoms with Crippen LogP contribution in [-0.2, 0) is 22.4 Å². The first-order chi connectivity index (χ1) is 15.8. The molecule has 6 N–H and O–H groups in total. The second kappa shape index (κ2) is 11.3. The molecular weight excluding hydrogens is 422 g/mol. The molecule has 5 atom stereocenters. The van der Waals surface area contributed by atoms with E-state index >= 15 is 0 Å². The Kier molecular flexibility index (Phi) is 8.43. The highest BCUT2D eigenvalue weighted by Gasteiger charge is 2.38. The van der Waals surface area contributed by atoms with E-state index < -0.39 is 35.9 Å². The molecule has 0 spiro atoms. The van der Waals surface area contributed by atoms with Gasteiger partial charge in [0.25, 0.3) is 5.91 Å². The minimum Gasteiger partial charge on any atom is -0.508 e. The molecule has 1 unspecified atom stereocenters. The Labute approximate surface area is 194 Å². The molecule has 2 aromatic carbocycles. The lowest BCUT2D eigenvalue weighted by molar-refractivity contribution is -0.138. The summed E-state index contributed by atoms with van der Waals surface area (Å²) in [6.45, 7) is 3.94. The lowest BCUT2D eigenvalue weighted by Crippen LogP contribution is -2.56. The summed E-state index contributed by atoms with van der Waals surface area (Å²) >= 11 is 0. The van der Waals surface area contributed by atoms with Crippen LogP contribution in [0.3, 0.4) is 0 Å². The Morgan fingerprint density at radius 3 is 2.58 bits per heavy atom. The van der Waals surface area contributed by atoms with Crippen molar-refractivity contribution in [3.8, 4) is 5.75 Å². The third-order valence-corrected chi connectivity index (χ3v) is 6.19. The van der Waals surface area contributed by atoms with Crippen molar-refractivity contribution in [3.05, 3.63) is 65.2 Å². The SMILES string of the molecule is CCCC(C)N[C@H](C(=O)NO)[C@@H](Cc1cccc(O)c1)C(=O)N[C@H]1c2ccccc2C[C@H]1O. The van der Waals surface area contributed by atoms with Crippen LogP contribution in [0.1, 0.15) is 49.4 Å². The summed E-state index contributed by atoms with van der Waals surface area (Å²) in [5, 5.41) is 36.0. The van der Waals surface area contributed by atoms with Crippen molar-refractivity contribution in [2.24, 2.45) is 5.92 Å². The molecule has 33 heavy (non-hydrogen) atoms. The molecule has 2 amide bonds. The lowest BCUT2D eigenvalue weighted by atomic mass is 9.89. The minimum atomic E-state index is -1.02. The molecule has 3 rings (SSSR count). The average molecular weight is 456 g/mol. The van der Waals surface area contributed by atoms with Gasteiger partial charge in [-0.3, -0.25) is 14.8 Å². The lowest BCUT2D eigenvalue weighted by Gasteiger charge is -2.30. The fourth-order valence-electron chi connectivity index (χ4n) is 4.57. The smallest absolute Gasteiger partial charge is 0.261 e. The van der Waals surface area contributed by atoms with E-state index in [0.29, 0.717) is 12.0 Å². The zero-order chi connectivity index (χ0) is 24.0. The first-order valence-electron chi connectivity index (χ1n) is 11.4. The van der Waals surface area contributed by atoms with Crippen molar-refractivity contribution in [1.82, 2.24) is 16.1 Å². The molecule has 0 radical (unpaired) electrons. The molecule has 8 heteroatoms. The maximum atomic E-state index is 13.6. The molecule has 8 nitrogen and oxygen atoms in total. The molecule has 0 bridgehead atoms. The molecule has 2 aromatic rings. The second-order valence-electron chi connectivity index (χ2n) is 8.75. The number of hydroxylamine groups is 1. The number of phenols is 1. The van der Waals surface area contributed by atoms with E-state index in [4.69, 9.17) is 0 Å². The van der Waals surface area contributed by atoms with Crippen molar-refractivity contribution >= 4 is 11.8 Å². The molecular formula is C25H33N3O5. The number of hydrogen-bond donors (Lipinski definition) is 6. The Morgan fingerprint density at radius 1 is 1.12 bits per heavy atom. The first-order valence-corrected chi connectivity index (χ1v) is 11.4. The van der Waals surface area contributed by atoms with Gasteiger partial charge in [0.05, 0.1) is 18.1 Å². The van der Waals surface area contributed by atoms with Crippen LogP contribution in [-0.4, -0.2) is 45.4 Å². The molecule has 1 aliphatic carbocycles. The van der Waals surface area contributed by atoms with Crippen molar-refractivity contribution in [3.63, 3.8) is 0 Å². The summed E-state index contributed by atoms with van der Waals surface area (Å²) < 4.78 is 0. The van der Waals surface area contributed by atoms with Gasteiger partial charge in [0.2, 0.25) is 5.91 Å². The normalized spacial score (nSPS) is 19.9. The van der Waals surface area contributed by atoms with Gasteiger partial charge in [-0.15, -0.1) is 0 Å².